The van der Waals surface area contributed by atoms with Gasteiger partial charge in [-0.2, -0.15) is 4.98 Å². The molecule has 4 rings (SSSR count). The van der Waals surface area contributed by atoms with Crippen LogP contribution < -0.4 is 10.6 Å². The van der Waals surface area contributed by atoms with Crippen LogP contribution in [0.2, 0.25) is 5.02 Å². The summed E-state index contributed by atoms with van der Waals surface area (Å²) in [6.45, 7) is 0. The van der Waals surface area contributed by atoms with Crippen LogP contribution in [0.4, 0.5) is 17.3 Å². The van der Waals surface area contributed by atoms with Gasteiger partial charge < -0.3 is 5.32 Å². The standard InChI is InChI=1S/C18H13ClN6O4/c19-11-6-4-10(5-7-11)16-21-18-22-17(27)14(24(18)23-16)9-15(26)20-12-2-1-3-13(8-12)25(28)29/h1-8,14H,9H2,(H,20,26)(H,21,22,23,27). The van der Waals surface area contributed by atoms with Gasteiger partial charge in [0.1, 0.15) is 6.04 Å². The second kappa shape index (κ2) is 7.32. The maximum Gasteiger partial charge on any atom is 0.271 e. The zero-order chi connectivity index (χ0) is 20.5. The molecule has 2 heterocycles. The summed E-state index contributed by atoms with van der Waals surface area (Å²) in [5.41, 5.74) is 0.834. The summed E-state index contributed by atoms with van der Waals surface area (Å²) in [7, 11) is 0. The summed E-state index contributed by atoms with van der Waals surface area (Å²) in [6.07, 6.45) is -0.203. The molecule has 1 atom stereocenters. The average Bonchev–Trinajstić information content (AvgIpc) is 3.21. The van der Waals surface area contributed by atoms with Crippen molar-refractivity contribution in [2.24, 2.45) is 0 Å². The lowest BCUT2D eigenvalue weighted by atomic mass is 10.2. The summed E-state index contributed by atoms with van der Waals surface area (Å²) in [6, 6.07) is 11.6. The van der Waals surface area contributed by atoms with Crippen LogP contribution in [0.15, 0.2) is 48.5 Å². The summed E-state index contributed by atoms with van der Waals surface area (Å²) < 4.78 is 1.36. The molecule has 146 valence electrons. The summed E-state index contributed by atoms with van der Waals surface area (Å²) >= 11 is 5.88. The molecular formula is C18H13ClN6O4. The fraction of sp³-hybridized carbons (Fsp3) is 0.111. The van der Waals surface area contributed by atoms with Crippen LogP contribution in [0.5, 0.6) is 0 Å². The first-order chi connectivity index (χ1) is 13.9. The maximum absolute atomic E-state index is 12.4. The number of rotatable bonds is 5. The maximum atomic E-state index is 12.4. The first kappa shape index (κ1) is 18.6. The molecule has 3 aromatic rings. The van der Waals surface area contributed by atoms with Crippen LogP contribution >= 0.6 is 11.6 Å². The Morgan fingerprint density at radius 2 is 2.03 bits per heavy atom. The molecule has 2 aromatic carbocycles. The highest BCUT2D eigenvalue weighted by Crippen LogP contribution is 2.29. The third-order valence-corrected chi connectivity index (χ3v) is 4.54. The number of nitrogens with zero attached hydrogens (tertiary/aromatic N) is 4. The highest BCUT2D eigenvalue weighted by atomic mass is 35.5. The quantitative estimate of drug-likeness (QED) is 0.489. The molecule has 2 N–H and O–H groups in total. The molecule has 0 aliphatic carbocycles. The van der Waals surface area contributed by atoms with Crippen LogP contribution in [0.1, 0.15) is 12.5 Å². The third kappa shape index (κ3) is 3.78. The van der Waals surface area contributed by atoms with E-state index in [1.165, 1.54) is 28.9 Å². The van der Waals surface area contributed by atoms with Gasteiger partial charge in [0.25, 0.3) is 11.6 Å². The van der Waals surface area contributed by atoms with Crippen LogP contribution in [0.3, 0.4) is 0 Å². The average molecular weight is 413 g/mol. The molecule has 0 spiro atoms. The Hall–Kier alpha value is -3.79. The molecular weight excluding hydrogens is 400 g/mol. The van der Waals surface area contributed by atoms with Crippen molar-refractivity contribution in [2.45, 2.75) is 12.5 Å². The predicted octanol–water partition coefficient (Wildman–Crippen LogP) is 3.03. The Labute approximate surface area is 168 Å². The van der Waals surface area contributed by atoms with Crippen molar-refractivity contribution in [3.8, 4) is 11.4 Å². The summed E-state index contributed by atoms with van der Waals surface area (Å²) in [4.78, 5) is 39.2. The number of nitro groups is 1. The number of aromatic nitrogens is 3. The minimum Gasteiger partial charge on any atom is -0.326 e. The molecule has 10 nitrogen and oxygen atoms in total. The van der Waals surface area contributed by atoms with E-state index in [0.29, 0.717) is 16.4 Å². The summed E-state index contributed by atoms with van der Waals surface area (Å²) in [5.74, 6) is -0.257. The lowest BCUT2D eigenvalue weighted by Gasteiger charge is -2.10. The molecule has 11 heteroatoms. The molecule has 1 aliphatic heterocycles. The minimum atomic E-state index is -0.878. The number of amides is 2. The predicted molar refractivity (Wildman–Crippen MR) is 104 cm³/mol. The molecule has 0 saturated heterocycles. The normalized spacial score (nSPS) is 14.9. The Bertz CT molecular complexity index is 1130. The lowest BCUT2D eigenvalue weighted by Crippen LogP contribution is -2.23. The van der Waals surface area contributed by atoms with Gasteiger partial charge in [-0.25, -0.2) is 4.68 Å². The molecule has 0 saturated carbocycles. The van der Waals surface area contributed by atoms with E-state index in [0.717, 1.165) is 0 Å². The summed E-state index contributed by atoms with van der Waals surface area (Å²) in [5, 5.41) is 20.9. The van der Waals surface area contributed by atoms with E-state index < -0.39 is 22.8 Å². The zero-order valence-electron chi connectivity index (χ0n) is 14.7. The third-order valence-electron chi connectivity index (χ3n) is 4.29. The first-order valence-electron chi connectivity index (χ1n) is 8.48. The van der Waals surface area contributed by atoms with Gasteiger partial charge in [-0.05, 0) is 30.3 Å². The van der Waals surface area contributed by atoms with Crippen molar-refractivity contribution >= 4 is 40.7 Å². The highest BCUT2D eigenvalue weighted by Gasteiger charge is 2.35. The lowest BCUT2D eigenvalue weighted by molar-refractivity contribution is -0.384. The largest absolute Gasteiger partial charge is 0.326 e. The molecule has 29 heavy (non-hydrogen) atoms. The molecule has 1 unspecified atom stereocenters. The van der Waals surface area contributed by atoms with Crippen LogP contribution in [-0.4, -0.2) is 31.5 Å². The smallest absolute Gasteiger partial charge is 0.271 e. The highest BCUT2D eigenvalue weighted by molar-refractivity contribution is 6.30. The monoisotopic (exact) mass is 412 g/mol. The van der Waals surface area contributed by atoms with E-state index >= 15 is 0 Å². The van der Waals surface area contributed by atoms with Gasteiger partial charge in [-0.1, -0.05) is 17.7 Å². The minimum absolute atomic E-state index is 0.146. The number of hydrogen-bond acceptors (Lipinski definition) is 6. The fourth-order valence-corrected chi connectivity index (χ4v) is 3.04. The molecule has 1 aromatic heterocycles. The van der Waals surface area contributed by atoms with Crippen LogP contribution in [0.25, 0.3) is 11.4 Å². The first-order valence-corrected chi connectivity index (χ1v) is 8.86. The number of anilines is 2. The molecule has 0 bridgehead atoms. The number of nitrogens with one attached hydrogen (secondary N) is 2. The number of benzene rings is 2. The van der Waals surface area contributed by atoms with E-state index in [1.54, 1.807) is 24.3 Å². The number of halogens is 1. The van der Waals surface area contributed by atoms with E-state index in [2.05, 4.69) is 20.7 Å². The number of nitro benzene ring substituents is 1. The van der Waals surface area contributed by atoms with E-state index in [-0.39, 0.29) is 23.7 Å². The van der Waals surface area contributed by atoms with Crippen molar-refractivity contribution in [2.75, 3.05) is 10.6 Å². The van der Waals surface area contributed by atoms with E-state index in [9.17, 15) is 19.7 Å². The van der Waals surface area contributed by atoms with Crippen LogP contribution in [0, 0.1) is 10.1 Å². The van der Waals surface area contributed by atoms with Crippen LogP contribution in [-0.2, 0) is 9.59 Å². The van der Waals surface area contributed by atoms with Crippen molar-refractivity contribution in [3.05, 3.63) is 63.7 Å². The molecule has 0 fully saturated rings. The van der Waals surface area contributed by atoms with Crippen molar-refractivity contribution in [1.29, 1.82) is 0 Å². The topological polar surface area (TPSA) is 132 Å². The zero-order valence-corrected chi connectivity index (χ0v) is 15.5. The van der Waals surface area contributed by atoms with Gasteiger partial charge in [0.15, 0.2) is 5.82 Å². The van der Waals surface area contributed by atoms with Gasteiger partial charge in [0.05, 0.1) is 11.3 Å². The van der Waals surface area contributed by atoms with Crippen molar-refractivity contribution < 1.29 is 14.5 Å². The number of fused-ring (bicyclic) bond motifs is 1. The van der Waals surface area contributed by atoms with Gasteiger partial charge in [-0.15, -0.1) is 5.10 Å². The van der Waals surface area contributed by atoms with Crippen molar-refractivity contribution in [3.63, 3.8) is 0 Å². The number of carbonyl (C=O) groups is 2. The van der Waals surface area contributed by atoms with Gasteiger partial charge >= 0.3 is 0 Å². The fourth-order valence-electron chi connectivity index (χ4n) is 2.92. The Kier molecular flexibility index (Phi) is 4.69. The molecule has 0 radical (unpaired) electrons. The second-order valence-electron chi connectivity index (χ2n) is 6.28. The molecule has 2 amide bonds. The van der Waals surface area contributed by atoms with E-state index in [4.69, 9.17) is 11.6 Å². The van der Waals surface area contributed by atoms with Gasteiger partial charge in [0, 0.05) is 28.4 Å². The molecule has 1 aliphatic rings. The number of non-ortho nitro benzene ring substituents is 1. The van der Waals surface area contributed by atoms with Gasteiger partial charge in [0.2, 0.25) is 11.9 Å². The Morgan fingerprint density at radius 1 is 1.28 bits per heavy atom. The Balaban J connectivity index is 1.51. The second-order valence-corrected chi connectivity index (χ2v) is 6.71. The number of hydrogen-bond donors (Lipinski definition) is 2. The van der Waals surface area contributed by atoms with Gasteiger partial charge in [-0.3, -0.25) is 25.0 Å². The number of carbonyl (C=O) groups excluding carboxylic acids is 2. The Morgan fingerprint density at radius 3 is 2.76 bits per heavy atom. The SMILES string of the molecule is O=C(CC1C(=O)Nc2nc(-c3ccc(Cl)cc3)nn21)Nc1cccc([N+](=O)[O-])c1. The van der Waals surface area contributed by atoms with Crippen molar-refractivity contribution in [1.82, 2.24) is 14.8 Å². The van der Waals surface area contributed by atoms with E-state index in [1.807, 2.05) is 0 Å².